The molecule has 1 aliphatic rings. The molecular weight excluding hydrogens is 354 g/mol. The van der Waals surface area contributed by atoms with Crippen molar-refractivity contribution in [3.63, 3.8) is 0 Å². The number of nitrogens with one attached hydrogen (secondary N) is 1. The van der Waals surface area contributed by atoms with Crippen molar-refractivity contribution in [3.05, 3.63) is 35.4 Å². The van der Waals surface area contributed by atoms with Crippen LogP contribution in [0.15, 0.2) is 24.3 Å². The maximum atomic E-state index is 12.1. The highest BCUT2D eigenvalue weighted by Crippen LogP contribution is 2.29. The Bertz CT molecular complexity index is 742. The minimum atomic E-state index is -3.12. The standard InChI is InChI=1S/C19H27NO5S/c1-13-5-4-6-17(14(13)2)20-18(21)11-25-19(22)16-9-7-15(8-10-16)12-26(3,23)24/h7-10,13-14,17H,4-6,11-12H2,1-3H3,(H,20,21)/t13-,14+,17-/m0/s1. The van der Waals surface area contributed by atoms with Crippen LogP contribution in [-0.2, 0) is 25.1 Å². The fraction of sp³-hybridized carbons (Fsp3) is 0.579. The van der Waals surface area contributed by atoms with Crippen molar-refractivity contribution in [2.24, 2.45) is 11.8 Å². The van der Waals surface area contributed by atoms with E-state index >= 15 is 0 Å². The zero-order valence-corrected chi connectivity index (χ0v) is 16.3. The Morgan fingerprint density at radius 3 is 2.42 bits per heavy atom. The van der Waals surface area contributed by atoms with Crippen LogP contribution in [0.25, 0.3) is 0 Å². The Morgan fingerprint density at radius 1 is 1.15 bits per heavy atom. The number of carbonyl (C=O) groups excluding carboxylic acids is 2. The summed E-state index contributed by atoms with van der Waals surface area (Å²) in [6, 6.07) is 6.28. The molecule has 1 aromatic carbocycles. The van der Waals surface area contributed by atoms with Gasteiger partial charge in [-0.1, -0.05) is 38.8 Å². The Balaban J connectivity index is 1.83. The Morgan fingerprint density at radius 2 is 1.81 bits per heavy atom. The van der Waals surface area contributed by atoms with Crippen LogP contribution in [0.4, 0.5) is 0 Å². The van der Waals surface area contributed by atoms with Gasteiger partial charge in [0, 0.05) is 12.3 Å². The van der Waals surface area contributed by atoms with Crippen LogP contribution in [0.2, 0.25) is 0 Å². The van der Waals surface area contributed by atoms with Crippen molar-refractivity contribution in [1.82, 2.24) is 5.32 Å². The van der Waals surface area contributed by atoms with Crippen molar-refractivity contribution in [2.45, 2.75) is 44.9 Å². The van der Waals surface area contributed by atoms with Crippen LogP contribution in [0.1, 0.15) is 49.0 Å². The van der Waals surface area contributed by atoms with Crippen molar-refractivity contribution in [1.29, 1.82) is 0 Å². The lowest BCUT2D eigenvalue weighted by Crippen LogP contribution is -2.45. The summed E-state index contributed by atoms with van der Waals surface area (Å²) in [5.74, 6) is 0.00452. The largest absolute Gasteiger partial charge is 0.452 e. The van der Waals surface area contributed by atoms with Gasteiger partial charge in [-0.15, -0.1) is 0 Å². The molecular formula is C19H27NO5S. The third-order valence-electron chi connectivity index (χ3n) is 5.01. The lowest BCUT2D eigenvalue weighted by molar-refractivity contribution is -0.125. The van der Waals surface area contributed by atoms with E-state index in [0.717, 1.165) is 19.1 Å². The van der Waals surface area contributed by atoms with E-state index in [1.54, 1.807) is 12.1 Å². The van der Waals surface area contributed by atoms with Gasteiger partial charge in [-0.3, -0.25) is 4.79 Å². The molecule has 0 aliphatic heterocycles. The number of carbonyl (C=O) groups is 2. The molecule has 6 nitrogen and oxygen atoms in total. The summed E-state index contributed by atoms with van der Waals surface area (Å²) in [4.78, 5) is 24.1. The highest BCUT2D eigenvalue weighted by atomic mass is 32.2. The van der Waals surface area contributed by atoms with Gasteiger partial charge < -0.3 is 10.1 Å². The van der Waals surface area contributed by atoms with Gasteiger partial charge in [0.15, 0.2) is 16.4 Å². The molecule has 0 bridgehead atoms. The first-order valence-electron chi connectivity index (χ1n) is 8.89. The minimum absolute atomic E-state index is 0.0806. The predicted octanol–water partition coefficient (Wildman–Crippen LogP) is 2.33. The number of hydrogen-bond acceptors (Lipinski definition) is 5. The summed E-state index contributed by atoms with van der Waals surface area (Å²) in [5, 5.41) is 2.96. The molecule has 0 radical (unpaired) electrons. The summed E-state index contributed by atoms with van der Waals surface area (Å²) in [7, 11) is -3.12. The number of ether oxygens (including phenoxy) is 1. The molecule has 0 unspecified atom stereocenters. The van der Waals surface area contributed by atoms with Crippen LogP contribution < -0.4 is 5.32 Å². The van der Waals surface area contributed by atoms with Gasteiger partial charge in [0.25, 0.3) is 5.91 Å². The monoisotopic (exact) mass is 381 g/mol. The van der Waals surface area contributed by atoms with E-state index in [4.69, 9.17) is 4.74 Å². The number of sulfone groups is 1. The summed E-state index contributed by atoms with van der Waals surface area (Å²) < 4.78 is 27.6. The molecule has 1 saturated carbocycles. The minimum Gasteiger partial charge on any atom is -0.452 e. The molecule has 0 spiro atoms. The van der Waals surface area contributed by atoms with E-state index in [9.17, 15) is 18.0 Å². The first-order valence-corrected chi connectivity index (χ1v) is 10.9. The second-order valence-corrected chi connectivity index (χ2v) is 9.42. The molecule has 0 aromatic heterocycles. The zero-order valence-electron chi connectivity index (χ0n) is 15.5. The van der Waals surface area contributed by atoms with Crippen LogP contribution >= 0.6 is 0 Å². The molecule has 0 saturated heterocycles. The molecule has 1 aromatic rings. The molecule has 2 rings (SSSR count). The zero-order chi connectivity index (χ0) is 19.3. The fourth-order valence-electron chi connectivity index (χ4n) is 3.29. The van der Waals surface area contributed by atoms with E-state index in [1.807, 2.05) is 0 Å². The lowest BCUT2D eigenvalue weighted by atomic mass is 9.78. The molecule has 1 N–H and O–H groups in total. The highest BCUT2D eigenvalue weighted by molar-refractivity contribution is 7.89. The van der Waals surface area contributed by atoms with Gasteiger partial charge >= 0.3 is 5.97 Å². The number of esters is 1. The van der Waals surface area contributed by atoms with Crippen molar-refractivity contribution >= 4 is 21.7 Å². The van der Waals surface area contributed by atoms with E-state index in [1.165, 1.54) is 18.6 Å². The average molecular weight is 381 g/mol. The van der Waals surface area contributed by atoms with Crippen molar-refractivity contribution in [3.8, 4) is 0 Å². The maximum absolute atomic E-state index is 12.1. The molecule has 1 aliphatic carbocycles. The maximum Gasteiger partial charge on any atom is 0.338 e. The highest BCUT2D eigenvalue weighted by Gasteiger charge is 2.28. The van der Waals surface area contributed by atoms with E-state index in [-0.39, 0.29) is 29.9 Å². The second kappa shape index (κ2) is 8.66. The molecule has 1 amide bonds. The van der Waals surface area contributed by atoms with Crippen LogP contribution in [-0.4, -0.2) is 39.2 Å². The van der Waals surface area contributed by atoms with Crippen LogP contribution in [0.5, 0.6) is 0 Å². The number of hydrogen-bond donors (Lipinski definition) is 1. The fourth-order valence-corrected chi connectivity index (χ4v) is 4.09. The van der Waals surface area contributed by atoms with E-state index in [0.29, 0.717) is 17.4 Å². The summed E-state index contributed by atoms with van der Waals surface area (Å²) in [5.41, 5.74) is 0.886. The topological polar surface area (TPSA) is 89.5 Å². The first kappa shape index (κ1) is 20.4. The van der Waals surface area contributed by atoms with Gasteiger partial charge in [0.2, 0.25) is 0 Å². The number of rotatable bonds is 6. The van der Waals surface area contributed by atoms with Gasteiger partial charge in [-0.25, -0.2) is 13.2 Å². The van der Waals surface area contributed by atoms with Gasteiger partial charge in [0.05, 0.1) is 11.3 Å². The van der Waals surface area contributed by atoms with Crippen molar-refractivity contribution in [2.75, 3.05) is 12.9 Å². The Hall–Kier alpha value is -1.89. The SMILES string of the molecule is C[C@H]1[C@@H](NC(=O)COC(=O)c2ccc(CS(C)(=O)=O)cc2)CCC[C@@H]1C. The van der Waals surface area contributed by atoms with Gasteiger partial charge in [-0.05, 0) is 36.0 Å². The number of amides is 1. The first-order chi connectivity index (χ1) is 12.2. The van der Waals surface area contributed by atoms with E-state index < -0.39 is 15.8 Å². The lowest BCUT2D eigenvalue weighted by Gasteiger charge is -2.34. The van der Waals surface area contributed by atoms with Gasteiger partial charge in [0.1, 0.15) is 0 Å². The molecule has 26 heavy (non-hydrogen) atoms. The molecule has 1 fully saturated rings. The smallest absolute Gasteiger partial charge is 0.338 e. The summed E-state index contributed by atoms with van der Waals surface area (Å²) in [6.45, 7) is 4.01. The quantitative estimate of drug-likeness (QED) is 0.764. The van der Waals surface area contributed by atoms with Gasteiger partial charge in [-0.2, -0.15) is 0 Å². The molecule has 7 heteroatoms. The Labute approximate surface area is 155 Å². The second-order valence-electron chi connectivity index (χ2n) is 7.28. The third-order valence-corrected chi connectivity index (χ3v) is 5.86. The van der Waals surface area contributed by atoms with E-state index in [2.05, 4.69) is 19.2 Å². The predicted molar refractivity (Wildman–Crippen MR) is 99.4 cm³/mol. The Kier molecular flexibility index (Phi) is 6.81. The normalized spacial score (nSPS) is 23.3. The molecule has 3 atom stereocenters. The van der Waals surface area contributed by atoms with Crippen molar-refractivity contribution < 1.29 is 22.7 Å². The molecule has 0 heterocycles. The molecule has 144 valence electrons. The summed E-state index contributed by atoms with van der Waals surface area (Å²) in [6.07, 6.45) is 4.38. The average Bonchev–Trinajstić information content (AvgIpc) is 2.56. The third kappa shape index (κ3) is 6.12. The van der Waals surface area contributed by atoms with Crippen LogP contribution in [0.3, 0.4) is 0 Å². The summed E-state index contributed by atoms with van der Waals surface area (Å²) >= 11 is 0. The number of benzene rings is 1. The van der Waals surface area contributed by atoms with Crippen LogP contribution in [0, 0.1) is 11.8 Å².